The molecule has 7 heteroatoms. The van der Waals surface area contributed by atoms with E-state index < -0.39 is 24.9 Å². The molecule has 0 aliphatic carbocycles. The SMILES string of the molecule is CC(C)N(C)C(=O)C1CCN(C(=O)C2CC(F)(F)CN2)CC1. The number of rotatable bonds is 3. The van der Waals surface area contributed by atoms with Crippen LogP contribution < -0.4 is 5.32 Å². The zero-order valence-corrected chi connectivity index (χ0v) is 13.4. The van der Waals surface area contributed by atoms with Gasteiger partial charge in [-0.2, -0.15) is 0 Å². The molecular formula is C15H25F2N3O2. The van der Waals surface area contributed by atoms with E-state index in [1.807, 2.05) is 13.8 Å². The number of halogens is 2. The lowest BCUT2D eigenvalue weighted by molar-refractivity contribution is -0.141. The van der Waals surface area contributed by atoms with Crippen LogP contribution >= 0.6 is 0 Å². The molecule has 0 aromatic heterocycles. The van der Waals surface area contributed by atoms with Crippen molar-refractivity contribution in [2.75, 3.05) is 26.7 Å². The molecule has 0 spiro atoms. The third kappa shape index (κ3) is 3.74. The first-order valence-electron chi connectivity index (χ1n) is 7.88. The lowest BCUT2D eigenvalue weighted by Crippen LogP contribution is -2.49. The van der Waals surface area contributed by atoms with E-state index in [1.54, 1.807) is 16.8 Å². The molecular weight excluding hydrogens is 292 g/mol. The fourth-order valence-electron chi connectivity index (χ4n) is 3.00. The molecule has 0 saturated carbocycles. The molecule has 5 nitrogen and oxygen atoms in total. The minimum absolute atomic E-state index is 0.0746. The Kier molecular flexibility index (Phi) is 5.04. The number of nitrogens with one attached hydrogen (secondary N) is 1. The predicted molar refractivity (Wildman–Crippen MR) is 78.6 cm³/mol. The molecule has 22 heavy (non-hydrogen) atoms. The number of likely N-dealkylation sites (tertiary alicyclic amines) is 1. The van der Waals surface area contributed by atoms with E-state index in [9.17, 15) is 18.4 Å². The van der Waals surface area contributed by atoms with Crippen molar-refractivity contribution in [1.29, 1.82) is 0 Å². The number of hydrogen-bond acceptors (Lipinski definition) is 3. The highest BCUT2D eigenvalue weighted by Crippen LogP contribution is 2.27. The lowest BCUT2D eigenvalue weighted by atomic mass is 9.94. The summed E-state index contributed by atoms with van der Waals surface area (Å²) in [6.45, 7) is 4.42. The number of nitrogens with zero attached hydrogens (tertiary/aromatic N) is 2. The van der Waals surface area contributed by atoms with Crippen LogP contribution in [0.25, 0.3) is 0 Å². The molecule has 0 aromatic rings. The molecule has 1 atom stereocenters. The van der Waals surface area contributed by atoms with Crippen molar-refractivity contribution in [2.24, 2.45) is 5.92 Å². The number of piperidine rings is 1. The number of carbonyl (C=O) groups is 2. The van der Waals surface area contributed by atoms with Crippen molar-refractivity contribution in [3.05, 3.63) is 0 Å². The van der Waals surface area contributed by atoms with E-state index >= 15 is 0 Å². The van der Waals surface area contributed by atoms with Gasteiger partial charge in [0.2, 0.25) is 11.8 Å². The molecule has 1 unspecified atom stereocenters. The van der Waals surface area contributed by atoms with Gasteiger partial charge in [0.25, 0.3) is 5.92 Å². The standard InChI is InChI=1S/C15H25F2N3O2/c1-10(2)19(3)13(21)11-4-6-20(7-5-11)14(22)12-8-15(16,17)9-18-12/h10-12,18H,4-9H2,1-3H3. The summed E-state index contributed by atoms with van der Waals surface area (Å²) in [5.41, 5.74) is 0. The van der Waals surface area contributed by atoms with E-state index in [2.05, 4.69) is 5.32 Å². The summed E-state index contributed by atoms with van der Waals surface area (Å²) in [5.74, 6) is -3.03. The van der Waals surface area contributed by atoms with Crippen molar-refractivity contribution in [3.63, 3.8) is 0 Å². The third-order valence-corrected chi connectivity index (χ3v) is 4.69. The highest BCUT2D eigenvalue weighted by Gasteiger charge is 2.44. The fourth-order valence-corrected chi connectivity index (χ4v) is 3.00. The van der Waals surface area contributed by atoms with Crippen LogP contribution in [0.15, 0.2) is 0 Å². The molecule has 0 radical (unpaired) electrons. The smallest absolute Gasteiger partial charge is 0.262 e. The molecule has 2 aliphatic rings. The highest BCUT2D eigenvalue weighted by atomic mass is 19.3. The van der Waals surface area contributed by atoms with Gasteiger partial charge in [-0.15, -0.1) is 0 Å². The Bertz CT molecular complexity index is 435. The summed E-state index contributed by atoms with van der Waals surface area (Å²) in [5, 5.41) is 2.59. The highest BCUT2D eigenvalue weighted by molar-refractivity contribution is 5.83. The predicted octanol–water partition coefficient (Wildman–Crippen LogP) is 1.09. The topological polar surface area (TPSA) is 52.7 Å². The Hall–Kier alpha value is -1.24. The molecule has 126 valence electrons. The van der Waals surface area contributed by atoms with Gasteiger partial charge in [0.05, 0.1) is 12.6 Å². The lowest BCUT2D eigenvalue weighted by Gasteiger charge is -2.35. The monoisotopic (exact) mass is 317 g/mol. The Labute approximate surface area is 130 Å². The average molecular weight is 317 g/mol. The van der Waals surface area contributed by atoms with E-state index in [1.165, 1.54) is 0 Å². The van der Waals surface area contributed by atoms with Gasteiger partial charge in [-0.25, -0.2) is 8.78 Å². The summed E-state index contributed by atoms with van der Waals surface area (Å²) in [6, 6.07) is -0.641. The van der Waals surface area contributed by atoms with Gasteiger partial charge >= 0.3 is 0 Å². The molecule has 2 rings (SSSR count). The first-order valence-corrected chi connectivity index (χ1v) is 7.88. The second kappa shape index (κ2) is 6.48. The summed E-state index contributed by atoms with van der Waals surface area (Å²) in [6.07, 6.45) is 0.774. The molecule has 1 N–H and O–H groups in total. The molecule has 0 bridgehead atoms. The van der Waals surface area contributed by atoms with Crippen molar-refractivity contribution < 1.29 is 18.4 Å². The Morgan fingerprint density at radius 2 is 1.86 bits per heavy atom. The number of hydrogen-bond donors (Lipinski definition) is 1. The van der Waals surface area contributed by atoms with E-state index in [0.717, 1.165) is 0 Å². The third-order valence-electron chi connectivity index (χ3n) is 4.69. The van der Waals surface area contributed by atoms with Gasteiger partial charge in [0, 0.05) is 38.5 Å². The second-order valence-corrected chi connectivity index (χ2v) is 6.64. The van der Waals surface area contributed by atoms with Crippen LogP contribution in [0.5, 0.6) is 0 Å². The van der Waals surface area contributed by atoms with Crippen molar-refractivity contribution >= 4 is 11.8 Å². The summed E-state index contributed by atoms with van der Waals surface area (Å²) in [7, 11) is 1.79. The van der Waals surface area contributed by atoms with Gasteiger partial charge in [-0.1, -0.05) is 0 Å². The molecule has 0 aromatic carbocycles. The quantitative estimate of drug-likeness (QED) is 0.848. The minimum Gasteiger partial charge on any atom is -0.343 e. The molecule has 2 saturated heterocycles. The maximum absolute atomic E-state index is 13.2. The minimum atomic E-state index is -2.80. The summed E-state index contributed by atoms with van der Waals surface area (Å²) >= 11 is 0. The molecule has 2 heterocycles. The van der Waals surface area contributed by atoms with Crippen LogP contribution in [-0.4, -0.2) is 66.3 Å². The van der Waals surface area contributed by atoms with E-state index in [-0.39, 0.29) is 23.8 Å². The Morgan fingerprint density at radius 1 is 1.27 bits per heavy atom. The van der Waals surface area contributed by atoms with Gasteiger partial charge in [-0.3, -0.25) is 14.9 Å². The number of alkyl halides is 2. The van der Waals surface area contributed by atoms with E-state index in [0.29, 0.717) is 25.9 Å². The van der Waals surface area contributed by atoms with Gasteiger partial charge < -0.3 is 9.80 Å². The van der Waals surface area contributed by atoms with Crippen LogP contribution in [0.2, 0.25) is 0 Å². The van der Waals surface area contributed by atoms with Crippen LogP contribution in [0.1, 0.15) is 33.1 Å². The second-order valence-electron chi connectivity index (χ2n) is 6.64. The normalized spacial score (nSPS) is 25.5. The molecule has 2 amide bonds. The average Bonchev–Trinajstić information content (AvgIpc) is 2.85. The largest absolute Gasteiger partial charge is 0.343 e. The summed E-state index contributed by atoms with van der Waals surface area (Å²) in [4.78, 5) is 27.8. The van der Waals surface area contributed by atoms with Gasteiger partial charge in [0.15, 0.2) is 0 Å². The van der Waals surface area contributed by atoms with Crippen molar-refractivity contribution in [2.45, 2.75) is 51.1 Å². The number of carbonyl (C=O) groups excluding carboxylic acids is 2. The van der Waals surface area contributed by atoms with Crippen LogP contribution in [-0.2, 0) is 9.59 Å². The summed E-state index contributed by atoms with van der Waals surface area (Å²) < 4.78 is 26.3. The van der Waals surface area contributed by atoms with E-state index in [4.69, 9.17) is 0 Å². The number of amides is 2. The maximum atomic E-state index is 13.2. The zero-order valence-electron chi connectivity index (χ0n) is 13.4. The Balaban J connectivity index is 1.85. The Morgan fingerprint density at radius 3 is 2.32 bits per heavy atom. The van der Waals surface area contributed by atoms with Crippen molar-refractivity contribution in [3.8, 4) is 0 Å². The van der Waals surface area contributed by atoms with Crippen LogP contribution in [0.3, 0.4) is 0 Å². The zero-order chi connectivity index (χ0) is 16.5. The molecule has 2 fully saturated rings. The van der Waals surface area contributed by atoms with Gasteiger partial charge in [0.1, 0.15) is 0 Å². The van der Waals surface area contributed by atoms with Crippen molar-refractivity contribution in [1.82, 2.24) is 15.1 Å². The first-order chi connectivity index (χ1) is 10.2. The maximum Gasteiger partial charge on any atom is 0.262 e. The molecule has 2 aliphatic heterocycles. The fraction of sp³-hybridized carbons (Fsp3) is 0.867. The van der Waals surface area contributed by atoms with Gasteiger partial charge in [-0.05, 0) is 26.7 Å². The van der Waals surface area contributed by atoms with Crippen LogP contribution in [0, 0.1) is 5.92 Å². The first kappa shape index (κ1) is 17.1. The van der Waals surface area contributed by atoms with Crippen LogP contribution in [0.4, 0.5) is 8.78 Å².